The molecule has 0 aliphatic heterocycles. The molecule has 2 aliphatic rings. The van der Waals surface area contributed by atoms with E-state index in [1.165, 1.54) is 77.0 Å². The van der Waals surface area contributed by atoms with Gasteiger partial charge in [0.2, 0.25) is 0 Å². The maximum atomic E-state index is 11.7. The highest BCUT2D eigenvalue weighted by Crippen LogP contribution is 2.43. The van der Waals surface area contributed by atoms with Gasteiger partial charge in [-0.2, -0.15) is 0 Å². The molecule has 1 atom stereocenters. The zero-order valence-corrected chi connectivity index (χ0v) is 19.2. The number of hydrogen-bond acceptors (Lipinski definition) is 3. The van der Waals surface area contributed by atoms with Crippen LogP contribution in [0.25, 0.3) is 0 Å². The lowest BCUT2D eigenvalue weighted by atomic mass is 9.68. The average Bonchev–Trinajstić information content (AvgIpc) is 2.73. The number of ether oxygens (including phenoxy) is 1. The molecule has 1 unspecified atom stereocenters. The largest absolute Gasteiger partial charge is 0.462 e. The minimum absolute atomic E-state index is 0.173. The van der Waals surface area contributed by atoms with Crippen LogP contribution in [0.15, 0.2) is 12.2 Å². The van der Waals surface area contributed by atoms with E-state index in [1.807, 2.05) is 0 Å². The van der Waals surface area contributed by atoms with E-state index in [9.17, 15) is 9.90 Å². The fourth-order valence-electron chi connectivity index (χ4n) is 5.77. The van der Waals surface area contributed by atoms with Crippen LogP contribution >= 0.6 is 0 Å². The fourth-order valence-corrected chi connectivity index (χ4v) is 5.77. The van der Waals surface area contributed by atoms with E-state index in [0.29, 0.717) is 12.2 Å². The number of hydrogen-bond donors (Lipinski definition) is 1. The first kappa shape index (κ1) is 24.4. The van der Waals surface area contributed by atoms with Gasteiger partial charge < -0.3 is 9.84 Å². The molecule has 0 amide bonds. The number of aliphatic hydroxyl groups is 1. The molecular weight excluding hydrogens is 360 g/mol. The summed E-state index contributed by atoms with van der Waals surface area (Å²) in [7, 11) is 0. The first-order chi connectivity index (χ1) is 14.0. The van der Waals surface area contributed by atoms with Crippen molar-refractivity contribution in [2.45, 2.75) is 104 Å². The summed E-state index contributed by atoms with van der Waals surface area (Å²) in [5.74, 6) is 3.64. The third kappa shape index (κ3) is 8.82. The van der Waals surface area contributed by atoms with E-state index in [2.05, 4.69) is 13.5 Å². The number of carbonyl (C=O) groups is 1. The summed E-state index contributed by atoms with van der Waals surface area (Å²) in [6.07, 6.45) is 18.8. The molecule has 2 fully saturated rings. The summed E-state index contributed by atoms with van der Waals surface area (Å²) < 4.78 is 5.37. The lowest BCUT2D eigenvalue weighted by molar-refractivity contribution is -0.140. The Hall–Kier alpha value is -0.830. The van der Waals surface area contributed by atoms with E-state index in [-0.39, 0.29) is 18.5 Å². The van der Waals surface area contributed by atoms with Crippen LogP contribution in [-0.4, -0.2) is 24.3 Å². The molecule has 0 spiro atoms. The van der Waals surface area contributed by atoms with Crippen LogP contribution < -0.4 is 0 Å². The molecule has 2 saturated carbocycles. The van der Waals surface area contributed by atoms with Crippen molar-refractivity contribution in [2.24, 2.45) is 29.6 Å². The highest BCUT2D eigenvalue weighted by atomic mass is 16.5. The van der Waals surface area contributed by atoms with Crippen LogP contribution in [-0.2, 0) is 9.53 Å². The van der Waals surface area contributed by atoms with Crippen LogP contribution in [0.3, 0.4) is 0 Å². The first-order valence-corrected chi connectivity index (χ1v) is 12.5. The Balaban J connectivity index is 1.67. The van der Waals surface area contributed by atoms with Crippen LogP contribution in [0.2, 0.25) is 0 Å². The topological polar surface area (TPSA) is 46.5 Å². The highest BCUT2D eigenvalue weighted by molar-refractivity contribution is 5.86. The van der Waals surface area contributed by atoms with Crippen LogP contribution in [0.4, 0.5) is 0 Å². The predicted molar refractivity (Wildman–Crippen MR) is 121 cm³/mol. The molecule has 0 aromatic carbocycles. The molecule has 0 aromatic heterocycles. The van der Waals surface area contributed by atoms with Gasteiger partial charge in [-0.25, -0.2) is 4.79 Å². The summed E-state index contributed by atoms with van der Waals surface area (Å²) >= 11 is 0. The quantitative estimate of drug-likeness (QED) is 0.223. The molecule has 0 aromatic rings. The number of rotatable bonds is 12. The van der Waals surface area contributed by atoms with E-state index < -0.39 is 0 Å². The van der Waals surface area contributed by atoms with Crippen molar-refractivity contribution in [3.63, 3.8) is 0 Å². The maximum absolute atomic E-state index is 11.7. The fraction of sp³-hybridized carbons (Fsp3) is 0.885. The molecule has 2 aliphatic carbocycles. The van der Waals surface area contributed by atoms with Crippen molar-refractivity contribution in [3.05, 3.63) is 12.2 Å². The second kappa shape index (κ2) is 13.5. The molecule has 29 heavy (non-hydrogen) atoms. The van der Waals surface area contributed by atoms with Gasteiger partial charge in [-0.15, -0.1) is 0 Å². The smallest absolute Gasteiger partial charge is 0.333 e. The van der Waals surface area contributed by atoms with Crippen molar-refractivity contribution in [1.29, 1.82) is 0 Å². The Morgan fingerprint density at radius 1 is 1.00 bits per heavy atom. The summed E-state index contributed by atoms with van der Waals surface area (Å²) in [5.41, 5.74) is 0.452. The van der Waals surface area contributed by atoms with E-state index in [4.69, 9.17) is 4.74 Å². The van der Waals surface area contributed by atoms with E-state index >= 15 is 0 Å². The number of unbranched alkanes of at least 4 members (excludes halogenated alkanes) is 2. The number of esters is 1. The van der Waals surface area contributed by atoms with Gasteiger partial charge in [0.1, 0.15) is 0 Å². The molecule has 2 rings (SSSR count). The van der Waals surface area contributed by atoms with E-state index in [1.54, 1.807) is 6.92 Å². The van der Waals surface area contributed by atoms with Gasteiger partial charge in [0.25, 0.3) is 0 Å². The SMILES string of the molecule is C=C(C)C(=O)OCC(CCO)CC1CCC(C2CCC(CCCCC)CC2)CC1. The molecule has 1 N–H and O–H groups in total. The monoisotopic (exact) mass is 406 g/mol. The lowest BCUT2D eigenvalue weighted by Crippen LogP contribution is -2.27. The average molecular weight is 407 g/mol. The Kier molecular flexibility index (Phi) is 11.4. The predicted octanol–water partition coefficient (Wildman–Crippen LogP) is 6.69. The van der Waals surface area contributed by atoms with Gasteiger partial charge in [0, 0.05) is 12.2 Å². The molecule has 0 radical (unpaired) electrons. The third-order valence-electron chi connectivity index (χ3n) is 7.67. The number of aliphatic hydroxyl groups excluding tert-OH is 1. The van der Waals surface area contributed by atoms with Crippen molar-refractivity contribution in [1.82, 2.24) is 0 Å². The van der Waals surface area contributed by atoms with Gasteiger partial charge in [0.05, 0.1) is 6.61 Å². The number of carbonyl (C=O) groups excluding carboxylic acids is 1. The van der Waals surface area contributed by atoms with Gasteiger partial charge in [-0.05, 0) is 75.0 Å². The Morgan fingerprint density at radius 3 is 2.10 bits per heavy atom. The summed E-state index contributed by atoms with van der Waals surface area (Å²) in [5, 5.41) is 9.38. The Morgan fingerprint density at radius 2 is 1.59 bits per heavy atom. The lowest BCUT2D eigenvalue weighted by Gasteiger charge is -2.38. The Labute approximate surface area is 179 Å². The summed E-state index contributed by atoms with van der Waals surface area (Å²) in [6, 6.07) is 0. The van der Waals surface area contributed by atoms with E-state index in [0.717, 1.165) is 36.5 Å². The normalized spacial score (nSPS) is 28.7. The minimum Gasteiger partial charge on any atom is -0.462 e. The Bertz CT molecular complexity index is 470. The van der Waals surface area contributed by atoms with Gasteiger partial charge in [-0.3, -0.25) is 0 Å². The second-order valence-electron chi connectivity index (χ2n) is 10.1. The molecule has 0 bridgehead atoms. The molecular formula is C26H46O3. The molecule has 3 heteroatoms. The molecule has 0 saturated heterocycles. The second-order valence-corrected chi connectivity index (χ2v) is 10.1. The van der Waals surface area contributed by atoms with Gasteiger partial charge in [-0.1, -0.05) is 64.9 Å². The van der Waals surface area contributed by atoms with Gasteiger partial charge in [0.15, 0.2) is 0 Å². The van der Waals surface area contributed by atoms with Crippen LogP contribution in [0.5, 0.6) is 0 Å². The van der Waals surface area contributed by atoms with Crippen molar-refractivity contribution in [3.8, 4) is 0 Å². The van der Waals surface area contributed by atoms with Gasteiger partial charge >= 0.3 is 5.97 Å². The zero-order valence-electron chi connectivity index (χ0n) is 19.2. The molecule has 3 nitrogen and oxygen atoms in total. The maximum Gasteiger partial charge on any atom is 0.333 e. The van der Waals surface area contributed by atoms with Crippen molar-refractivity contribution >= 4 is 5.97 Å². The van der Waals surface area contributed by atoms with Crippen LogP contribution in [0, 0.1) is 29.6 Å². The standard InChI is InChI=1S/C26H46O3/c1-4-5-6-7-21-8-12-24(13-9-21)25-14-10-22(11-15-25)18-23(16-17-27)19-29-26(28)20(2)3/h21-25,27H,2,4-19H2,1,3H3. The summed E-state index contributed by atoms with van der Waals surface area (Å²) in [4.78, 5) is 11.7. The third-order valence-corrected chi connectivity index (χ3v) is 7.67. The van der Waals surface area contributed by atoms with Crippen LogP contribution in [0.1, 0.15) is 104 Å². The first-order valence-electron chi connectivity index (χ1n) is 12.5. The minimum atomic E-state index is -0.304. The zero-order chi connectivity index (χ0) is 21.1. The molecule has 0 heterocycles. The highest BCUT2D eigenvalue weighted by Gasteiger charge is 2.31. The van der Waals surface area contributed by atoms with Crippen molar-refractivity contribution < 1.29 is 14.6 Å². The van der Waals surface area contributed by atoms with Crippen molar-refractivity contribution in [2.75, 3.05) is 13.2 Å². The summed E-state index contributed by atoms with van der Waals surface area (Å²) in [6.45, 7) is 8.23. The molecule has 168 valence electrons.